The van der Waals surface area contributed by atoms with Crippen molar-refractivity contribution in [3.63, 3.8) is 0 Å². The van der Waals surface area contributed by atoms with Gasteiger partial charge in [-0.05, 0) is 43.3 Å². The number of hydrogen-bond acceptors (Lipinski definition) is 6. The summed E-state index contributed by atoms with van der Waals surface area (Å²) in [5.41, 5.74) is -2.37. The Labute approximate surface area is 215 Å². The number of halogens is 6. The lowest BCUT2D eigenvalue weighted by Crippen LogP contribution is -2.18. The largest absolute Gasteiger partial charge is 0.493 e. The zero-order valence-corrected chi connectivity index (χ0v) is 20.7. The minimum Gasteiger partial charge on any atom is -0.493 e. The minimum absolute atomic E-state index is 0.00619. The number of carbonyl (C=O) groups excluding carboxylic acids is 1. The Morgan fingerprint density at radius 1 is 0.921 bits per heavy atom. The molecule has 0 aliphatic rings. The maximum absolute atomic E-state index is 13.2. The molecule has 2 aromatic heterocycles. The highest BCUT2D eigenvalue weighted by Gasteiger charge is 2.37. The number of carbonyl (C=O) groups is 1. The van der Waals surface area contributed by atoms with E-state index in [0.717, 1.165) is 11.3 Å². The van der Waals surface area contributed by atoms with Crippen molar-refractivity contribution in [2.24, 2.45) is 0 Å². The van der Waals surface area contributed by atoms with E-state index in [1.807, 2.05) is 0 Å². The van der Waals surface area contributed by atoms with Crippen LogP contribution in [0, 0.1) is 6.92 Å². The van der Waals surface area contributed by atoms with Crippen LogP contribution in [-0.4, -0.2) is 34.9 Å². The second-order valence-electron chi connectivity index (χ2n) is 7.92. The Morgan fingerprint density at radius 3 is 2.13 bits per heavy atom. The number of aryl methyl sites for hydroxylation is 1. The first-order chi connectivity index (χ1) is 17.8. The summed E-state index contributed by atoms with van der Waals surface area (Å²) >= 11 is 1.15. The molecular weight excluding hydrogens is 538 g/mol. The highest BCUT2D eigenvalue weighted by Crippen LogP contribution is 2.37. The molecule has 0 fully saturated rings. The van der Waals surface area contributed by atoms with Gasteiger partial charge in [-0.1, -0.05) is 0 Å². The number of benzene rings is 2. The van der Waals surface area contributed by atoms with Crippen molar-refractivity contribution < 1.29 is 40.6 Å². The monoisotopic (exact) mass is 556 g/mol. The van der Waals surface area contributed by atoms with Crippen LogP contribution in [0.1, 0.15) is 27.2 Å². The average Bonchev–Trinajstić information content (AvgIpc) is 3.48. The molecule has 0 saturated heterocycles. The molecule has 0 bridgehead atoms. The van der Waals surface area contributed by atoms with Gasteiger partial charge in [0.05, 0.1) is 36.7 Å². The third kappa shape index (κ3) is 5.59. The fourth-order valence-electron chi connectivity index (χ4n) is 3.50. The van der Waals surface area contributed by atoms with Crippen LogP contribution < -0.4 is 14.8 Å². The highest BCUT2D eigenvalue weighted by molar-refractivity contribution is 7.12. The fourth-order valence-corrected chi connectivity index (χ4v) is 4.29. The molecule has 0 spiro atoms. The molecule has 0 saturated carbocycles. The summed E-state index contributed by atoms with van der Waals surface area (Å²) in [5, 5.41) is 8.60. The van der Waals surface area contributed by atoms with Crippen LogP contribution in [-0.2, 0) is 12.4 Å². The van der Waals surface area contributed by atoms with Crippen molar-refractivity contribution in [2.75, 3.05) is 19.5 Å². The summed E-state index contributed by atoms with van der Waals surface area (Å²) < 4.78 is 91.0. The van der Waals surface area contributed by atoms with E-state index in [-0.39, 0.29) is 11.9 Å². The molecule has 2 heterocycles. The van der Waals surface area contributed by atoms with E-state index in [1.54, 1.807) is 30.5 Å². The fraction of sp³-hybridized carbons (Fsp3) is 0.208. The zero-order chi connectivity index (χ0) is 27.8. The summed E-state index contributed by atoms with van der Waals surface area (Å²) in [7, 11) is 2.98. The number of rotatable bonds is 6. The van der Waals surface area contributed by atoms with Gasteiger partial charge in [-0.2, -0.15) is 36.1 Å². The van der Waals surface area contributed by atoms with E-state index in [1.165, 1.54) is 25.0 Å². The number of alkyl halides is 6. The maximum Gasteiger partial charge on any atom is 0.416 e. The van der Waals surface area contributed by atoms with Crippen LogP contribution in [0.5, 0.6) is 11.5 Å². The van der Waals surface area contributed by atoms with E-state index in [4.69, 9.17) is 9.47 Å². The number of hydrogen-bond donors (Lipinski definition) is 1. The van der Waals surface area contributed by atoms with E-state index in [9.17, 15) is 31.1 Å². The highest BCUT2D eigenvalue weighted by atomic mass is 32.1. The predicted octanol–water partition coefficient (Wildman–Crippen LogP) is 6.61. The molecule has 7 nitrogen and oxygen atoms in total. The van der Waals surface area contributed by atoms with Crippen molar-refractivity contribution in [1.82, 2.24) is 14.8 Å². The smallest absolute Gasteiger partial charge is 0.416 e. The lowest BCUT2D eigenvalue weighted by atomic mass is 10.0. The van der Waals surface area contributed by atoms with Crippen LogP contribution in [0.15, 0.2) is 47.8 Å². The van der Waals surface area contributed by atoms with Gasteiger partial charge in [0.15, 0.2) is 11.5 Å². The number of amides is 1. The molecule has 2 aromatic carbocycles. The first-order valence-electron chi connectivity index (χ1n) is 10.7. The molecule has 200 valence electrons. The molecule has 0 unspecified atom stereocenters. The Balaban J connectivity index is 1.67. The summed E-state index contributed by atoms with van der Waals surface area (Å²) in [5.74, 6) is -0.185. The van der Waals surface area contributed by atoms with Crippen molar-refractivity contribution in [3.8, 4) is 27.9 Å². The van der Waals surface area contributed by atoms with Crippen molar-refractivity contribution in [3.05, 3.63) is 70.2 Å². The lowest BCUT2D eigenvalue weighted by Gasteiger charge is -2.14. The number of ether oxygens (including phenoxy) is 2. The number of thiazole rings is 1. The van der Waals surface area contributed by atoms with Crippen LogP contribution in [0.3, 0.4) is 0 Å². The van der Waals surface area contributed by atoms with E-state index in [0.29, 0.717) is 45.7 Å². The second-order valence-corrected chi connectivity index (χ2v) is 8.75. The summed E-state index contributed by atoms with van der Waals surface area (Å²) in [4.78, 5) is 17.3. The van der Waals surface area contributed by atoms with Gasteiger partial charge in [0, 0.05) is 22.6 Å². The van der Waals surface area contributed by atoms with E-state index in [2.05, 4.69) is 15.4 Å². The van der Waals surface area contributed by atoms with Gasteiger partial charge in [-0.15, -0.1) is 11.3 Å². The van der Waals surface area contributed by atoms with Gasteiger partial charge in [0.2, 0.25) is 5.13 Å². The standard InChI is InChI=1S/C24H18F6N4O3S/c1-12-6-20(32-21(35)14-7-15(23(25,26)27)10-16(8-14)24(28,29)30)34(33-12)22-31-17(11-38-22)13-4-5-18(36-2)19(9-13)37-3/h4-11H,1-3H3,(H,32,35). The van der Waals surface area contributed by atoms with Crippen molar-refractivity contribution in [1.29, 1.82) is 0 Å². The van der Waals surface area contributed by atoms with Crippen LogP contribution >= 0.6 is 11.3 Å². The Bertz CT molecular complexity index is 1460. The van der Waals surface area contributed by atoms with Gasteiger partial charge in [-0.25, -0.2) is 4.98 Å². The molecule has 4 rings (SSSR count). The molecule has 0 aliphatic carbocycles. The molecule has 0 atom stereocenters. The first-order valence-corrected chi connectivity index (χ1v) is 11.5. The summed E-state index contributed by atoms with van der Waals surface area (Å²) in [6, 6.07) is 7.24. The zero-order valence-electron chi connectivity index (χ0n) is 19.9. The molecule has 14 heteroatoms. The Morgan fingerprint density at radius 2 is 1.55 bits per heavy atom. The van der Waals surface area contributed by atoms with Gasteiger partial charge in [0.1, 0.15) is 5.82 Å². The van der Waals surface area contributed by atoms with Gasteiger partial charge < -0.3 is 14.8 Å². The number of nitrogens with zero attached hydrogens (tertiary/aromatic N) is 3. The Hall–Kier alpha value is -4.07. The van der Waals surface area contributed by atoms with Gasteiger partial charge in [0.25, 0.3) is 5.91 Å². The summed E-state index contributed by atoms with van der Waals surface area (Å²) in [6.45, 7) is 1.60. The maximum atomic E-state index is 13.2. The van der Waals surface area contributed by atoms with E-state index >= 15 is 0 Å². The van der Waals surface area contributed by atoms with Crippen LogP contribution in [0.2, 0.25) is 0 Å². The quantitative estimate of drug-likeness (QED) is 0.271. The van der Waals surface area contributed by atoms with E-state index < -0.39 is 35.0 Å². The number of methoxy groups -OCH3 is 2. The third-order valence-corrected chi connectivity index (χ3v) is 6.09. The SMILES string of the molecule is COc1ccc(-c2csc(-n3nc(C)cc3NC(=O)c3cc(C(F)(F)F)cc(C(F)(F)F)c3)n2)cc1OC. The molecule has 1 N–H and O–H groups in total. The summed E-state index contributed by atoms with van der Waals surface area (Å²) in [6.07, 6.45) is -10.2. The number of anilines is 1. The molecule has 0 radical (unpaired) electrons. The molecule has 1 amide bonds. The molecule has 38 heavy (non-hydrogen) atoms. The van der Waals surface area contributed by atoms with Gasteiger partial charge >= 0.3 is 12.4 Å². The predicted molar refractivity (Wildman–Crippen MR) is 127 cm³/mol. The molecular formula is C24H18F6N4O3S. The average molecular weight is 556 g/mol. The third-order valence-electron chi connectivity index (χ3n) is 5.28. The van der Waals surface area contributed by atoms with Crippen molar-refractivity contribution in [2.45, 2.75) is 19.3 Å². The first kappa shape index (κ1) is 27.0. The Kier molecular flexibility index (Phi) is 7.10. The second kappa shape index (κ2) is 10.0. The topological polar surface area (TPSA) is 78.3 Å². The normalized spacial score (nSPS) is 11.9. The lowest BCUT2D eigenvalue weighted by molar-refractivity contribution is -0.143. The number of aromatic nitrogens is 3. The van der Waals surface area contributed by atoms with Gasteiger partial charge in [-0.3, -0.25) is 4.79 Å². The van der Waals surface area contributed by atoms with Crippen LogP contribution in [0.25, 0.3) is 16.4 Å². The number of nitrogens with one attached hydrogen (secondary N) is 1. The molecule has 0 aliphatic heterocycles. The minimum atomic E-state index is -5.09. The molecule has 4 aromatic rings. The van der Waals surface area contributed by atoms with Crippen molar-refractivity contribution >= 4 is 23.1 Å². The van der Waals surface area contributed by atoms with Crippen LogP contribution in [0.4, 0.5) is 32.2 Å².